The van der Waals surface area contributed by atoms with Crippen molar-refractivity contribution < 1.29 is 8.42 Å². The lowest BCUT2D eigenvalue weighted by Crippen LogP contribution is -2.26. The van der Waals surface area contributed by atoms with Crippen LogP contribution in [-0.2, 0) is 9.84 Å². The molecule has 1 aromatic carbocycles. The van der Waals surface area contributed by atoms with Crippen LogP contribution in [0, 0.1) is 23.7 Å². The van der Waals surface area contributed by atoms with Crippen LogP contribution in [-0.4, -0.2) is 20.7 Å². The maximum atomic E-state index is 11.5. The molecule has 3 aliphatic carbocycles. The number of fused-ring (bicyclic) bond motifs is 5. The number of benzene rings is 1. The summed E-state index contributed by atoms with van der Waals surface area (Å²) in [5, 5.41) is 3.78. The third-order valence-corrected chi connectivity index (χ3v) is 7.11. The molecular weight excluding hydrogens is 282 g/mol. The number of sulfone groups is 1. The van der Waals surface area contributed by atoms with Gasteiger partial charge in [-0.3, -0.25) is 0 Å². The van der Waals surface area contributed by atoms with Crippen molar-refractivity contribution in [3.8, 4) is 0 Å². The summed E-state index contributed by atoms with van der Waals surface area (Å²) in [6.07, 6.45) is 5.62. The molecule has 0 amide bonds. The van der Waals surface area contributed by atoms with E-state index in [-0.39, 0.29) is 0 Å². The van der Waals surface area contributed by atoms with E-state index < -0.39 is 9.84 Å². The fourth-order valence-corrected chi connectivity index (χ4v) is 5.57. The van der Waals surface area contributed by atoms with Gasteiger partial charge < -0.3 is 5.32 Å². The summed E-state index contributed by atoms with van der Waals surface area (Å²) in [4.78, 5) is 0.403. The molecule has 5 atom stereocenters. The van der Waals surface area contributed by atoms with Crippen LogP contribution in [0.25, 0.3) is 0 Å². The van der Waals surface area contributed by atoms with Crippen LogP contribution in [0.2, 0.25) is 0 Å². The summed E-state index contributed by atoms with van der Waals surface area (Å²) in [7, 11) is -3.10. The summed E-state index contributed by atoms with van der Waals surface area (Å²) in [5.74, 6) is 3.83. The highest BCUT2D eigenvalue weighted by molar-refractivity contribution is 7.90. The lowest BCUT2D eigenvalue weighted by atomic mass is 10.0. The largest absolute Gasteiger partial charge is 0.307 e. The Kier molecular flexibility index (Phi) is 2.99. The monoisotopic (exact) mass is 305 g/mol. The standard InChI is InChI=1S/C17H23NO2S/c1-10(11-5-7-14(8-6-11)21(2,19)20)18-17-15-12-3-4-13(9-12)16(15)17/h5-8,10,12-13,15-18H,3-4,9H2,1-2H3. The predicted molar refractivity (Wildman–Crippen MR) is 82.7 cm³/mol. The van der Waals surface area contributed by atoms with E-state index in [2.05, 4.69) is 12.2 Å². The molecule has 5 unspecified atom stereocenters. The van der Waals surface area contributed by atoms with E-state index in [1.165, 1.54) is 31.1 Å². The SMILES string of the molecule is CC(NC1C2C3CCC(C3)C12)c1ccc(S(C)(=O)=O)cc1. The van der Waals surface area contributed by atoms with Crippen molar-refractivity contribution in [2.75, 3.05) is 6.26 Å². The third kappa shape index (κ3) is 2.23. The van der Waals surface area contributed by atoms with E-state index in [1.807, 2.05) is 12.1 Å². The normalized spacial score (nSPS) is 38.3. The smallest absolute Gasteiger partial charge is 0.175 e. The zero-order valence-corrected chi connectivity index (χ0v) is 13.4. The van der Waals surface area contributed by atoms with E-state index >= 15 is 0 Å². The topological polar surface area (TPSA) is 46.2 Å². The minimum atomic E-state index is -3.10. The first kappa shape index (κ1) is 13.8. The second-order valence-electron chi connectivity index (χ2n) is 7.24. The Labute approximate surface area is 127 Å². The molecule has 1 N–H and O–H groups in total. The van der Waals surface area contributed by atoms with Gasteiger partial charge in [-0.1, -0.05) is 12.1 Å². The van der Waals surface area contributed by atoms with Crippen LogP contribution in [0.5, 0.6) is 0 Å². The van der Waals surface area contributed by atoms with E-state index in [1.54, 1.807) is 12.1 Å². The maximum Gasteiger partial charge on any atom is 0.175 e. The van der Waals surface area contributed by atoms with Gasteiger partial charge >= 0.3 is 0 Å². The van der Waals surface area contributed by atoms with Crippen LogP contribution in [0.15, 0.2) is 29.2 Å². The lowest BCUT2D eigenvalue weighted by Gasteiger charge is -2.17. The molecule has 21 heavy (non-hydrogen) atoms. The Morgan fingerprint density at radius 1 is 1.10 bits per heavy atom. The molecule has 3 fully saturated rings. The molecular formula is C17H23NO2S. The summed E-state index contributed by atoms with van der Waals surface area (Å²) in [6.45, 7) is 2.19. The van der Waals surface area contributed by atoms with Gasteiger partial charge in [0.2, 0.25) is 0 Å². The van der Waals surface area contributed by atoms with Crippen molar-refractivity contribution in [1.29, 1.82) is 0 Å². The Hall–Kier alpha value is -0.870. The highest BCUT2D eigenvalue weighted by atomic mass is 32.2. The first-order chi connectivity index (χ1) is 9.95. The van der Waals surface area contributed by atoms with Crippen LogP contribution in [0.3, 0.4) is 0 Å². The molecule has 114 valence electrons. The van der Waals surface area contributed by atoms with Crippen LogP contribution in [0.1, 0.15) is 37.8 Å². The fraction of sp³-hybridized carbons (Fsp3) is 0.647. The molecule has 0 aromatic heterocycles. The van der Waals surface area contributed by atoms with Crippen LogP contribution >= 0.6 is 0 Å². The Morgan fingerprint density at radius 2 is 1.67 bits per heavy atom. The molecule has 2 bridgehead atoms. The molecule has 0 saturated heterocycles. The van der Waals surface area contributed by atoms with Gasteiger partial charge in [-0.05, 0) is 67.6 Å². The molecule has 4 rings (SSSR count). The van der Waals surface area contributed by atoms with Gasteiger partial charge in [0.25, 0.3) is 0 Å². The van der Waals surface area contributed by atoms with Gasteiger partial charge in [-0.25, -0.2) is 8.42 Å². The quantitative estimate of drug-likeness (QED) is 0.930. The van der Waals surface area contributed by atoms with E-state index in [9.17, 15) is 8.42 Å². The van der Waals surface area contributed by atoms with Crippen LogP contribution in [0.4, 0.5) is 0 Å². The number of hydrogen-bond donors (Lipinski definition) is 1. The maximum absolute atomic E-state index is 11.5. The number of nitrogens with one attached hydrogen (secondary N) is 1. The summed E-state index contributed by atoms with van der Waals surface area (Å²) in [6, 6.07) is 8.34. The van der Waals surface area contributed by atoms with Crippen molar-refractivity contribution in [3.63, 3.8) is 0 Å². The van der Waals surface area contributed by atoms with Gasteiger partial charge in [0.1, 0.15) is 0 Å². The second-order valence-corrected chi connectivity index (χ2v) is 9.26. The highest BCUT2D eigenvalue weighted by Crippen LogP contribution is 2.65. The Balaban J connectivity index is 1.43. The number of hydrogen-bond acceptors (Lipinski definition) is 3. The molecule has 0 heterocycles. The Morgan fingerprint density at radius 3 is 2.19 bits per heavy atom. The molecule has 3 aliphatic rings. The van der Waals surface area contributed by atoms with Gasteiger partial charge in [0.05, 0.1) is 4.90 Å². The van der Waals surface area contributed by atoms with Crippen molar-refractivity contribution in [3.05, 3.63) is 29.8 Å². The van der Waals surface area contributed by atoms with Crippen molar-refractivity contribution >= 4 is 9.84 Å². The van der Waals surface area contributed by atoms with Crippen LogP contribution < -0.4 is 5.32 Å². The number of rotatable bonds is 4. The van der Waals surface area contributed by atoms with E-state index in [0.29, 0.717) is 17.0 Å². The average Bonchev–Trinajstić information content (AvgIpc) is 2.83. The molecule has 3 saturated carbocycles. The highest BCUT2D eigenvalue weighted by Gasteiger charge is 2.64. The van der Waals surface area contributed by atoms with E-state index in [4.69, 9.17) is 0 Å². The summed E-state index contributed by atoms with van der Waals surface area (Å²) in [5.41, 5.74) is 1.18. The third-order valence-electron chi connectivity index (χ3n) is 5.99. The van der Waals surface area contributed by atoms with Crippen molar-refractivity contribution in [2.24, 2.45) is 23.7 Å². The van der Waals surface area contributed by atoms with Crippen molar-refractivity contribution in [1.82, 2.24) is 5.32 Å². The van der Waals surface area contributed by atoms with Gasteiger partial charge in [0, 0.05) is 18.3 Å². The minimum Gasteiger partial charge on any atom is -0.307 e. The zero-order valence-electron chi connectivity index (χ0n) is 12.6. The first-order valence-corrected chi connectivity index (χ1v) is 9.90. The van der Waals surface area contributed by atoms with Crippen molar-refractivity contribution in [2.45, 2.75) is 43.2 Å². The first-order valence-electron chi connectivity index (χ1n) is 8.01. The summed E-state index contributed by atoms with van der Waals surface area (Å²) >= 11 is 0. The molecule has 1 aromatic rings. The molecule has 0 radical (unpaired) electrons. The predicted octanol–water partition coefficient (Wildman–Crippen LogP) is 2.79. The summed E-state index contributed by atoms with van der Waals surface area (Å²) < 4.78 is 23.0. The molecule has 0 spiro atoms. The minimum absolute atomic E-state index is 0.300. The van der Waals surface area contributed by atoms with Gasteiger partial charge in [-0.2, -0.15) is 0 Å². The van der Waals surface area contributed by atoms with Gasteiger partial charge in [-0.15, -0.1) is 0 Å². The Bertz CT molecular complexity index is 636. The molecule has 0 aliphatic heterocycles. The lowest BCUT2D eigenvalue weighted by molar-refractivity contribution is 0.433. The molecule has 4 heteroatoms. The molecule has 3 nitrogen and oxygen atoms in total. The van der Waals surface area contributed by atoms with E-state index in [0.717, 1.165) is 23.7 Å². The zero-order chi connectivity index (χ0) is 14.8. The second kappa shape index (κ2) is 4.56. The fourth-order valence-electron chi connectivity index (χ4n) is 4.94. The van der Waals surface area contributed by atoms with Gasteiger partial charge in [0.15, 0.2) is 9.84 Å². The average molecular weight is 305 g/mol.